The number of ether oxygens (including phenoxy) is 1. The molecule has 0 radical (unpaired) electrons. The molecule has 3 atom stereocenters. The highest BCUT2D eigenvalue weighted by Gasteiger charge is 2.39. The van der Waals surface area contributed by atoms with Crippen molar-refractivity contribution >= 4 is 22.8 Å². The van der Waals surface area contributed by atoms with E-state index < -0.39 is 18.4 Å². The highest BCUT2D eigenvalue weighted by molar-refractivity contribution is 6.33. The fourth-order valence-electron chi connectivity index (χ4n) is 3.12. The summed E-state index contributed by atoms with van der Waals surface area (Å²) in [6.45, 7) is 2.11. The van der Waals surface area contributed by atoms with Crippen LogP contribution in [0.4, 0.5) is 0 Å². The van der Waals surface area contributed by atoms with Crippen LogP contribution < -0.4 is 0 Å². The Morgan fingerprint density at radius 1 is 1.36 bits per heavy atom. The van der Waals surface area contributed by atoms with E-state index in [4.69, 9.17) is 16.3 Å². The molecule has 0 saturated carbocycles. The number of fused-ring (bicyclic) bond motifs is 1. The Morgan fingerprint density at radius 3 is 2.89 bits per heavy atom. The topological polar surface area (TPSA) is 109 Å². The number of H-pyrrole nitrogens is 1. The zero-order valence-electron chi connectivity index (χ0n) is 15.3. The Balaban J connectivity index is 1.88. The summed E-state index contributed by atoms with van der Waals surface area (Å²) in [6, 6.07) is 3.67. The van der Waals surface area contributed by atoms with Gasteiger partial charge in [-0.25, -0.2) is 15.0 Å². The number of aliphatic hydroxyl groups excluding tert-OH is 2. The van der Waals surface area contributed by atoms with Crippen molar-refractivity contribution < 1.29 is 14.9 Å². The standard InChI is InChI=1S/C19H20ClN5O3/c1-2-3-4-5-8-13-22-16(20)14-18(23-13)25(19-15(27)12(26)10-28-19)17(24-14)11-7-6-9-21-11/h6-7,9,12,15,19,21,26-27H,2-4,10H2,1H3/t12-,15-,19-/m1/s1. The van der Waals surface area contributed by atoms with E-state index in [1.165, 1.54) is 0 Å². The maximum Gasteiger partial charge on any atom is 0.208 e. The van der Waals surface area contributed by atoms with E-state index in [2.05, 4.69) is 38.7 Å². The van der Waals surface area contributed by atoms with Crippen molar-refractivity contribution in [3.05, 3.63) is 29.3 Å². The maximum absolute atomic E-state index is 10.4. The van der Waals surface area contributed by atoms with Gasteiger partial charge in [-0.15, -0.1) is 0 Å². The molecule has 9 heteroatoms. The lowest BCUT2D eigenvalue weighted by Crippen LogP contribution is -2.28. The molecule has 1 aliphatic rings. The summed E-state index contributed by atoms with van der Waals surface area (Å²) in [4.78, 5) is 16.4. The summed E-state index contributed by atoms with van der Waals surface area (Å²) in [5.74, 6) is 6.74. The van der Waals surface area contributed by atoms with Crippen molar-refractivity contribution in [1.82, 2.24) is 24.5 Å². The fraction of sp³-hybridized carbons (Fsp3) is 0.421. The number of hydrogen-bond donors (Lipinski definition) is 3. The molecule has 4 heterocycles. The van der Waals surface area contributed by atoms with E-state index >= 15 is 0 Å². The molecule has 0 bridgehead atoms. The first-order valence-corrected chi connectivity index (χ1v) is 9.53. The van der Waals surface area contributed by atoms with E-state index in [0.717, 1.165) is 19.3 Å². The minimum atomic E-state index is -1.13. The number of aromatic nitrogens is 5. The van der Waals surface area contributed by atoms with Crippen LogP contribution in [0.5, 0.6) is 0 Å². The Hall–Kier alpha value is -2.44. The van der Waals surface area contributed by atoms with Crippen LogP contribution in [0.15, 0.2) is 18.3 Å². The second kappa shape index (κ2) is 7.89. The van der Waals surface area contributed by atoms with E-state index in [1.54, 1.807) is 10.8 Å². The van der Waals surface area contributed by atoms with Gasteiger partial charge in [-0.3, -0.25) is 4.57 Å². The molecule has 0 amide bonds. The van der Waals surface area contributed by atoms with Gasteiger partial charge in [0.05, 0.1) is 12.3 Å². The van der Waals surface area contributed by atoms with Gasteiger partial charge in [0.2, 0.25) is 5.82 Å². The van der Waals surface area contributed by atoms with E-state index in [9.17, 15) is 10.2 Å². The van der Waals surface area contributed by atoms with Crippen LogP contribution in [0.2, 0.25) is 5.15 Å². The van der Waals surface area contributed by atoms with Crippen LogP contribution in [0.25, 0.3) is 22.7 Å². The summed E-state index contributed by atoms with van der Waals surface area (Å²) in [6.07, 6.45) is 1.59. The monoisotopic (exact) mass is 401 g/mol. The second-order valence-corrected chi connectivity index (χ2v) is 6.94. The fourth-order valence-corrected chi connectivity index (χ4v) is 3.32. The molecular weight excluding hydrogens is 382 g/mol. The normalized spacial score (nSPS) is 21.8. The van der Waals surface area contributed by atoms with Crippen molar-refractivity contribution in [2.45, 2.75) is 44.6 Å². The van der Waals surface area contributed by atoms with Crippen molar-refractivity contribution in [2.75, 3.05) is 6.61 Å². The van der Waals surface area contributed by atoms with Gasteiger partial charge in [-0.05, 0) is 24.5 Å². The molecule has 1 saturated heterocycles. The Morgan fingerprint density at radius 2 is 2.21 bits per heavy atom. The molecule has 3 N–H and O–H groups in total. The number of imidazole rings is 1. The third-order valence-electron chi connectivity index (χ3n) is 4.57. The number of nitrogens with zero attached hydrogens (tertiary/aromatic N) is 4. The number of halogens is 1. The molecule has 1 fully saturated rings. The van der Waals surface area contributed by atoms with Gasteiger partial charge in [0.15, 0.2) is 22.9 Å². The predicted octanol–water partition coefficient (Wildman–Crippen LogP) is 2.27. The first-order valence-electron chi connectivity index (χ1n) is 9.16. The van der Waals surface area contributed by atoms with Crippen LogP contribution in [0.3, 0.4) is 0 Å². The molecule has 1 aliphatic heterocycles. The number of unbranched alkanes of at least 4 members (excludes halogenated alkanes) is 2. The largest absolute Gasteiger partial charge is 0.388 e. The lowest BCUT2D eigenvalue weighted by Gasteiger charge is -2.19. The first kappa shape index (κ1) is 18.9. The second-order valence-electron chi connectivity index (χ2n) is 6.59. The predicted molar refractivity (Wildman–Crippen MR) is 104 cm³/mol. The van der Waals surface area contributed by atoms with Crippen molar-refractivity contribution in [3.8, 4) is 23.4 Å². The van der Waals surface area contributed by atoms with Gasteiger partial charge < -0.3 is 19.9 Å². The molecule has 4 rings (SSSR count). The minimum absolute atomic E-state index is 0.0121. The molecule has 8 nitrogen and oxygen atoms in total. The molecule has 0 aliphatic carbocycles. The van der Waals surface area contributed by atoms with Crippen molar-refractivity contribution in [3.63, 3.8) is 0 Å². The third-order valence-corrected chi connectivity index (χ3v) is 4.83. The summed E-state index contributed by atoms with van der Waals surface area (Å²) in [5.41, 5.74) is 1.46. The quantitative estimate of drug-likeness (QED) is 0.351. The van der Waals surface area contributed by atoms with Gasteiger partial charge in [-0.2, -0.15) is 0 Å². The van der Waals surface area contributed by atoms with Crippen molar-refractivity contribution in [1.29, 1.82) is 0 Å². The summed E-state index contributed by atoms with van der Waals surface area (Å²) < 4.78 is 7.26. The molecule has 28 heavy (non-hydrogen) atoms. The SMILES string of the molecule is CCCCC#Cc1nc(Cl)c2nc(-c3ccc[nH]3)n([C@@H]3OC[C@@H](O)[C@H]3O)c2n1. The number of rotatable bonds is 4. The molecule has 3 aromatic heterocycles. The highest BCUT2D eigenvalue weighted by atomic mass is 35.5. The molecule has 0 spiro atoms. The minimum Gasteiger partial charge on any atom is -0.388 e. The van der Waals surface area contributed by atoms with E-state index in [0.29, 0.717) is 22.7 Å². The number of aliphatic hydroxyl groups is 2. The van der Waals surface area contributed by atoms with E-state index in [1.807, 2.05) is 12.1 Å². The smallest absolute Gasteiger partial charge is 0.208 e. The molecule has 0 unspecified atom stereocenters. The zero-order valence-corrected chi connectivity index (χ0v) is 16.0. The van der Waals surface area contributed by atoms with Crippen LogP contribution in [-0.4, -0.2) is 53.5 Å². The molecule has 0 aromatic carbocycles. The molecule has 146 valence electrons. The third kappa shape index (κ3) is 3.38. The summed E-state index contributed by atoms with van der Waals surface area (Å²) in [7, 11) is 0. The van der Waals surface area contributed by atoms with Crippen LogP contribution >= 0.6 is 11.6 Å². The van der Waals surface area contributed by atoms with Crippen LogP contribution in [0.1, 0.15) is 38.2 Å². The van der Waals surface area contributed by atoms with Gasteiger partial charge in [0, 0.05) is 12.6 Å². The number of nitrogens with one attached hydrogen (secondary N) is 1. The number of hydrogen-bond acceptors (Lipinski definition) is 6. The summed E-state index contributed by atoms with van der Waals surface area (Å²) >= 11 is 6.36. The lowest BCUT2D eigenvalue weighted by atomic mass is 10.2. The Kier molecular flexibility index (Phi) is 5.33. The maximum atomic E-state index is 10.4. The summed E-state index contributed by atoms with van der Waals surface area (Å²) in [5, 5.41) is 20.5. The average Bonchev–Trinajstić information content (AvgIpc) is 3.39. The lowest BCUT2D eigenvalue weighted by molar-refractivity contribution is -0.0153. The van der Waals surface area contributed by atoms with E-state index in [-0.39, 0.29) is 17.6 Å². The van der Waals surface area contributed by atoms with Gasteiger partial charge in [0.25, 0.3) is 0 Å². The number of aromatic amines is 1. The highest BCUT2D eigenvalue weighted by Crippen LogP contribution is 2.34. The first-order chi connectivity index (χ1) is 13.6. The zero-order chi connectivity index (χ0) is 19.7. The Bertz CT molecular complexity index is 1040. The van der Waals surface area contributed by atoms with Gasteiger partial charge >= 0.3 is 0 Å². The van der Waals surface area contributed by atoms with Gasteiger partial charge in [0.1, 0.15) is 17.7 Å². The van der Waals surface area contributed by atoms with Crippen LogP contribution in [-0.2, 0) is 4.74 Å². The average molecular weight is 402 g/mol. The van der Waals surface area contributed by atoms with Crippen molar-refractivity contribution in [2.24, 2.45) is 0 Å². The van der Waals surface area contributed by atoms with Gasteiger partial charge in [-0.1, -0.05) is 30.9 Å². The molecule has 3 aromatic rings. The Labute approximate surface area is 166 Å². The van der Waals surface area contributed by atoms with Crippen LogP contribution in [0, 0.1) is 11.8 Å². The molecular formula is C19H20ClN5O3.